The van der Waals surface area contributed by atoms with Gasteiger partial charge in [0.2, 0.25) is 50.1 Å². The molecule has 0 saturated carbocycles. The van der Waals surface area contributed by atoms with Crippen molar-refractivity contribution in [3.8, 4) is 23.0 Å². The van der Waals surface area contributed by atoms with Gasteiger partial charge in [-0.05, 0) is 209 Å². The van der Waals surface area contributed by atoms with E-state index in [1.54, 1.807) is 60.7 Å². The summed E-state index contributed by atoms with van der Waals surface area (Å²) >= 11 is 7.69. The van der Waals surface area contributed by atoms with Crippen LogP contribution >= 0.6 is 58.6 Å². The smallest absolute Gasteiger partial charge is 0.334 e. The second-order valence-corrected chi connectivity index (χ2v) is 35.9. The largest absolute Gasteiger partial charge is 0.760 e. The van der Waals surface area contributed by atoms with Crippen LogP contribution in [0.4, 0.5) is 0 Å². The molecule has 31 nitrogen and oxygen atoms in total. The number of sulfonamides is 5. The maximum Gasteiger partial charge on any atom is 0.334 e. The Bertz CT molecular complexity index is 3860. The summed E-state index contributed by atoms with van der Waals surface area (Å²) in [4.78, 5) is 37.4. The zero-order chi connectivity index (χ0) is 81.9. The minimum absolute atomic E-state index is 0. The van der Waals surface area contributed by atoms with Gasteiger partial charge in [-0.1, -0.05) is 50.2 Å². The van der Waals surface area contributed by atoms with E-state index in [0.717, 1.165) is 22.0 Å². The zero-order valence-corrected chi connectivity index (χ0v) is 72.0. The number of thioether (sulfide) groups is 3. The number of thiol groups is 1. The molecule has 5 aromatic rings. The molecular weight excluding hydrogens is 1670 g/mol. The van der Waals surface area contributed by atoms with Crippen LogP contribution in [0.2, 0.25) is 0 Å². The first-order valence-corrected chi connectivity index (χ1v) is 46.1. The van der Waals surface area contributed by atoms with Gasteiger partial charge in [0, 0.05) is 107 Å². The zero-order valence-electron chi connectivity index (χ0n) is 62.3. The van der Waals surface area contributed by atoms with Crippen LogP contribution in [0.5, 0.6) is 23.0 Å². The third-order valence-electron chi connectivity index (χ3n) is 14.1. The Balaban J connectivity index is 0. The number of ether oxygens (including phenoxy) is 5. The van der Waals surface area contributed by atoms with Crippen molar-refractivity contribution in [1.29, 1.82) is 0 Å². The Labute approximate surface area is 699 Å². The fraction of sp³-hybridized carbons (Fsp3) is 0.500. The van der Waals surface area contributed by atoms with Crippen LogP contribution in [-0.4, -0.2) is 238 Å². The van der Waals surface area contributed by atoms with E-state index in [1.165, 1.54) is 168 Å². The van der Waals surface area contributed by atoms with E-state index in [2.05, 4.69) is 63.1 Å². The number of amides is 1. The molecule has 3 unspecified atom stereocenters. The van der Waals surface area contributed by atoms with E-state index < -0.39 is 83.0 Å². The summed E-state index contributed by atoms with van der Waals surface area (Å²) in [6.45, 7) is 15.8. The second-order valence-electron chi connectivity index (χ2n) is 21.6. The molecule has 43 heteroatoms. The van der Waals surface area contributed by atoms with E-state index in [4.69, 9.17) is 53.6 Å². The van der Waals surface area contributed by atoms with Crippen molar-refractivity contribution in [2.75, 3.05) is 131 Å². The Hall–Kier alpha value is -3.68. The Morgan fingerprint density at radius 1 is 0.587 bits per heavy atom. The van der Waals surface area contributed by atoms with Crippen LogP contribution in [0.15, 0.2) is 146 Å². The molecule has 2 aliphatic rings. The first-order valence-electron chi connectivity index (χ1n) is 33.2. The van der Waals surface area contributed by atoms with Crippen LogP contribution in [0.3, 0.4) is 0 Å². The summed E-state index contributed by atoms with van der Waals surface area (Å²) < 4.78 is 173. The molecule has 2 heterocycles. The van der Waals surface area contributed by atoms with Crippen LogP contribution < -0.4 is 44.3 Å². The minimum Gasteiger partial charge on any atom is -0.760 e. The van der Waals surface area contributed by atoms with Gasteiger partial charge in [0.05, 0.1) is 60.0 Å². The SMILES string of the molecule is CCN(CC)CC.COC(=O)C1SCCCN1S(=O)(=O)c1ccc(OC)cc1.COc1ccc(S(=O)(=O)NCCCO)cc1.COc1ccc(S(=O)(=O)NCCCS)cc1.COc1ccc(S(=O)(=O)NCCCSC(C)=O)cc1.Cc1ccc(S(=O)(=O)N2CCCSC2C(=O)NO)cc1.NCCCO.O=S([O-])Cl.[Ar]. The number of halogens is 1. The van der Waals surface area contributed by atoms with Crippen molar-refractivity contribution < 1.29 is 142 Å². The minimum atomic E-state index is -3.74. The van der Waals surface area contributed by atoms with E-state index in [1.807, 2.05) is 6.92 Å². The van der Waals surface area contributed by atoms with Gasteiger partial charge in [-0.3, -0.25) is 19.0 Å². The normalized spacial score (nSPS) is 14.6. The van der Waals surface area contributed by atoms with Gasteiger partial charge in [-0.25, -0.2) is 66.5 Å². The molecule has 7 rings (SSSR count). The van der Waals surface area contributed by atoms with Crippen molar-refractivity contribution >= 4 is 136 Å². The average molecular weight is 1770 g/mol. The summed E-state index contributed by atoms with van der Waals surface area (Å²) in [7, 11) is -8.69. The summed E-state index contributed by atoms with van der Waals surface area (Å²) in [6, 6.07) is 31.1. The number of nitrogens with one attached hydrogen (secondary N) is 4. The number of benzene rings is 5. The number of carbonyl (C=O) groups is 3. The van der Waals surface area contributed by atoms with Gasteiger partial charge in [0.15, 0.2) is 15.9 Å². The summed E-state index contributed by atoms with van der Waals surface area (Å²) in [5, 5.41) is 23.6. The number of methoxy groups -OCH3 is 5. The van der Waals surface area contributed by atoms with Crippen molar-refractivity contribution in [3.63, 3.8) is 0 Å². The molecule has 0 spiro atoms. The van der Waals surface area contributed by atoms with E-state index >= 15 is 0 Å². The average Bonchev–Trinajstić information content (AvgIpc) is 0.792. The number of aryl methyl sites for hydroxylation is 1. The molecule has 2 fully saturated rings. The van der Waals surface area contributed by atoms with Crippen LogP contribution in [0.1, 0.15) is 71.8 Å². The maximum atomic E-state index is 12.7. The van der Waals surface area contributed by atoms with Gasteiger partial charge < -0.3 is 49.1 Å². The molecule has 0 aromatic heterocycles. The van der Waals surface area contributed by atoms with Crippen LogP contribution in [0, 0.1) is 44.7 Å². The van der Waals surface area contributed by atoms with Gasteiger partial charge in [-0.15, -0.1) is 23.5 Å². The standard InChI is InChI=1S/C13H17NO5S2.C12H16N2O4S2.C12H17NO4S2.C10H15NO4S.C10H15NO3S2.C6H15N.C3H9NO.Ar.ClHO2S/c1-18-10-4-6-11(7-5-10)21(16,17)14-8-3-9-20-12(14)13(15)19-2;1-9-3-5-10(6-4-9)20(17,18)14-7-2-8-19-12(14)11(15)13-16;1-10(14)18-9-3-8-13-19(15,16)12-6-4-11(17-2)5-7-12;1-15-9-3-5-10(6-4-9)16(13,14)11-7-2-8-12;1-14-9-3-5-10(6-4-9)16(12,13)11-7-2-8-15;1-4-7(5-2)6-3;4-2-1-3-5;;1-4(2)3/h4-7,12H,3,8-9H2,1-2H3;3-6,12,16H,2,7-8H2,1H3,(H,13,15);4-7,13H,3,8-9H2,1-2H3;3-6,11-12H,2,7-8H2,1H3;3-6,11,15H,2,7-8H2,1H3;4-6H2,1-3H3;5H,1-4H2;;(H,2,3)/p-1. The number of hydrogen-bond acceptors (Lipinski definition) is 29. The fourth-order valence-corrected chi connectivity index (χ4v) is 18.3. The Morgan fingerprint density at radius 2 is 0.908 bits per heavy atom. The van der Waals surface area contributed by atoms with Crippen LogP contribution in [-0.2, 0) is 79.5 Å². The van der Waals surface area contributed by atoms with Crippen LogP contribution in [0.25, 0.3) is 0 Å². The number of nitrogens with two attached hydrogens (primary N) is 1. The summed E-state index contributed by atoms with van der Waals surface area (Å²) in [5.41, 5.74) is 7.47. The van der Waals surface area contributed by atoms with Gasteiger partial charge in [0.1, 0.15) is 23.0 Å². The van der Waals surface area contributed by atoms with Crippen molar-refractivity contribution in [2.45, 2.75) is 108 Å². The van der Waals surface area contributed by atoms with Crippen molar-refractivity contribution in [1.82, 2.24) is 33.2 Å². The number of hydroxylamine groups is 1. The molecular formula is C66H104ArClN8O23S10-. The first-order chi connectivity index (χ1) is 51.1. The summed E-state index contributed by atoms with van der Waals surface area (Å²) in [5.74, 6) is 3.84. The number of hydrogen-bond donors (Lipinski definition) is 9. The predicted octanol–water partition coefficient (Wildman–Crippen LogP) is 6.26. The Morgan fingerprint density at radius 3 is 1.19 bits per heavy atom. The van der Waals surface area contributed by atoms with Gasteiger partial charge in [0.25, 0.3) is 5.91 Å². The molecule has 5 aromatic carbocycles. The molecule has 1 amide bonds. The second kappa shape index (κ2) is 59.9. The summed E-state index contributed by atoms with van der Waals surface area (Å²) in [6.07, 6.45) is 3.81. The number of nitrogens with zero attached hydrogens (tertiary/aromatic N) is 3. The molecule has 0 aliphatic carbocycles. The third kappa shape index (κ3) is 43.0. The molecule has 9 N–H and O–H groups in total. The maximum absolute atomic E-state index is 12.7. The number of aliphatic hydroxyl groups is 2. The first kappa shape index (κ1) is 107. The molecule has 0 radical (unpaired) electrons. The molecule has 2 aliphatic heterocycles. The van der Waals surface area contributed by atoms with E-state index in [-0.39, 0.29) is 93.6 Å². The van der Waals surface area contributed by atoms with Gasteiger partial charge >= 0.3 is 5.97 Å². The number of aliphatic hydroxyl groups excluding tert-OH is 2. The number of rotatable bonds is 31. The fourth-order valence-electron chi connectivity index (χ4n) is 8.34. The van der Waals surface area contributed by atoms with Gasteiger partial charge in [-0.2, -0.15) is 21.2 Å². The quantitative estimate of drug-likeness (QED) is 0.00449. The molecule has 3 atom stereocenters. The number of esters is 1. The third-order valence-corrected chi connectivity index (χ3v) is 26.4. The molecule has 109 heavy (non-hydrogen) atoms. The topological polar surface area (TPSA) is 453 Å². The van der Waals surface area contributed by atoms with E-state index in [9.17, 15) is 56.5 Å². The van der Waals surface area contributed by atoms with Crippen molar-refractivity contribution in [2.24, 2.45) is 5.73 Å². The predicted molar refractivity (Wildman–Crippen MR) is 427 cm³/mol. The Kier molecular flexibility index (Phi) is 59.0. The number of carbonyl (C=O) groups excluding carboxylic acids is 3. The monoisotopic (exact) mass is 1770 g/mol. The molecule has 622 valence electrons. The molecule has 2 saturated heterocycles. The van der Waals surface area contributed by atoms with Crippen molar-refractivity contribution in [3.05, 3.63) is 127 Å². The van der Waals surface area contributed by atoms with E-state index in [0.29, 0.717) is 98.5 Å². The molecule has 0 bridgehead atoms.